The Hall–Kier alpha value is -1.69. The molecule has 0 radical (unpaired) electrons. The van der Waals surface area contributed by atoms with Gasteiger partial charge in [-0.15, -0.1) is 11.8 Å². The summed E-state index contributed by atoms with van der Waals surface area (Å²) in [5.74, 6) is -0.366. The summed E-state index contributed by atoms with van der Waals surface area (Å²) in [6.45, 7) is 3.96. The average Bonchev–Trinajstić information content (AvgIpc) is 2.38. The normalized spacial score (nSPS) is 11.7. The van der Waals surface area contributed by atoms with Crippen molar-refractivity contribution >= 4 is 23.6 Å². The standard InChI is InChI=1S/C13H17NO4S/c1-3-18-10-4-6-11(7-5-10)19-8-12(15)14-9(2)13(16)17/h4-7,9H,3,8H2,1-2H3,(H,14,15)(H,16,17)/t9-/m0/s1. The van der Waals surface area contributed by atoms with E-state index in [0.717, 1.165) is 10.6 Å². The van der Waals surface area contributed by atoms with Crippen molar-refractivity contribution in [3.63, 3.8) is 0 Å². The second-order valence-electron chi connectivity index (χ2n) is 3.82. The number of carboxylic acids is 1. The summed E-state index contributed by atoms with van der Waals surface area (Å²) in [4.78, 5) is 23.0. The van der Waals surface area contributed by atoms with Gasteiger partial charge < -0.3 is 15.2 Å². The lowest BCUT2D eigenvalue weighted by atomic mass is 10.3. The van der Waals surface area contributed by atoms with Gasteiger partial charge in [0.1, 0.15) is 11.8 Å². The average molecular weight is 283 g/mol. The van der Waals surface area contributed by atoms with Crippen LogP contribution in [0.15, 0.2) is 29.2 Å². The lowest BCUT2D eigenvalue weighted by Crippen LogP contribution is -2.39. The quantitative estimate of drug-likeness (QED) is 0.746. The van der Waals surface area contributed by atoms with Gasteiger partial charge in [0.25, 0.3) is 0 Å². The van der Waals surface area contributed by atoms with Crippen molar-refractivity contribution in [3.8, 4) is 5.75 Å². The van der Waals surface area contributed by atoms with Crippen molar-refractivity contribution in [3.05, 3.63) is 24.3 Å². The molecule has 0 heterocycles. The first-order chi connectivity index (χ1) is 9.02. The maximum absolute atomic E-state index is 11.5. The van der Waals surface area contributed by atoms with Crippen LogP contribution in [-0.2, 0) is 9.59 Å². The molecule has 5 nitrogen and oxygen atoms in total. The number of carboxylic acid groups (broad SMARTS) is 1. The molecule has 0 saturated heterocycles. The summed E-state index contributed by atoms with van der Waals surface area (Å²) in [5.41, 5.74) is 0. The molecule has 1 amide bonds. The van der Waals surface area contributed by atoms with Crippen molar-refractivity contribution in [2.75, 3.05) is 12.4 Å². The van der Waals surface area contributed by atoms with Gasteiger partial charge in [-0.25, -0.2) is 0 Å². The third kappa shape index (κ3) is 5.65. The second-order valence-corrected chi connectivity index (χ2v) is 4.87. The van der Waals surface area contributed by atoms with Gasteiger partial charge in [-0.05, 0) is 38.1 Å². The van der Waals surface area contributed by atoms with Gasteiger partial charge in [-0.1, -0.05) is 0 Å². The minimum absolute atomic E-state index is 0.186. The van der Waals surface area contributed by atoms with E-state index in [1.54, 1.807) is 0 Å². The van der Waals surface area contributed by atoms with Crippen molar-refractivity contribution < 1.29 is 19.4 Å². The van der Waals surface area contributed by atoms with Crippen LogP contribution in [0.25, 0.3) is 0 Å². The monoisotopic (exact) mass is 283 g/mol. The van der Waals surface area contributed by atoms with E-state index in [1.165, 1.54) is 18.7 Å². The zero-order valence-corrected chi connectivity index (χ0v) is 11.7. The predicted octanol–water partition coefficient (Wildman–Crippen LogP) is 1.77. The molecule has 0 aliphatic heterocycles. The molecule has 0 aliphatic rings. The SMILES string of the molecule is CCOc1ccc(SCC(=O)N[C@@H](C)C(=O)O)cc1. The molecule has 1 rings (SSSR count). The third-order valence-electron chi connectivity index (χ3n) is 2.25. The van der Waals surface area contributed by atoms with Crippen LogP contribution >= 0.6 is 11.8 Å². The van der Waals surface area contributed by atoms with Gasteiger partial charge in [0.15, 0.2) is 0 Å². The van der Waals surface area contributed by atoms with Crippen LogP contribution in [0.3, 0.4) is 0 Å². The molecule has 0 saturated carbocycles. The highest BCUT2D eigenvalue weighted by Gasteiger charge is 2.13. The summed E-state index contributed by atoms with van der Waals surface area (Å²) in [6.07, 6.45) is 0. The van der Waals surface area contributed by atoms with Crippen LogP contribution in [0.4, 0.5) is 0 Å². The lowest BCUT2D eigenvalue weighted by molar-refractivity contribution is -0.140. The fourth-order valence-corrected chi connectivity index (χ4v) is 2.00. The summed E-state index contributed by atoms with van der Waals surface area (Å²) < 4.78 is 5.31. The summed E-state index contributed by atoms with van der Waals surface area (Å²) >= 11 is 1.35. The number of rotatable bonds is 7. The molecule has 2 N–H and O–H groups in total. The van der Waals surface area contributed by atoms with Gasteiger partial charge in [0.05, 0.1) is 12.4 Å². The van der Waals surface area contributed by atoms with E-state index in [9.17, 15) is 9.59 Å². The fraction of sp³-hybridized carbons (Fsp3) is 0.385. The van der Waals surface area contributed by atoms with Crippen LogP contribution in [0, 0.1) is 0 Å². The second kappa shape index (κ2) is 7.68. The Morgan fingerprint density at radius 1 is 1.37 bits per heavy atom. The first-order valence-corrected chi connectivity index (χ1v) is 6.89. The topological polar surface area (TPSA) is 75.6 Å². The molecule has 1 aromatic carbocycles. The number of aliphatic carboxylic acids is 1. The van der Waals surface area contributed by atoms with E-state index in [4.69, 9.17) is 9.84 Å². The smallest absolute Gasteiger partial charge is 0.325 e. The van der Waals surface area contributed by atoms with Crippen molar-refractivity contribution in [2.24, 2.45) is 0 Å². The number of hydrogen-bond donors (Lipinski definition) is 2. The highest BCUT2D eigenvalue weighted by Crippen LogP contribution is 2.21. The number of carbonyl (C=O) groups is 2. The van der Waals surface area contributed by atoms with Gasteiger partial charge in [0.2, 0.25) is 5.91 Å². The Bertz CT molecular complexity index is 433. The van der Waals surface area contributed by atoms with E-state index < -0.39 is 12.0 Å². The van der Waals surface area contributed by atoms with Gasteiger partial charge in [-0.2, -0.15) is 0 Å². The first-order valence-electron chi connectivity index (χ1n) is 5.90. The minimum atomic E-state index is -1.04. The molecule has 0 aromatic heterocycles. The maximum atomic E-state index is 11.5. The van der Waals surface area contributed by atoms with Crippen LogP contribution in [-0.4, -0.2) is 35.4 Å². The Morgan fingerprint density at radius 3 is 2.53 bits per heavy atom. The van der Waals surface area contributed by atoms with Crippen molar-refractivity contribution in [1.82, 2.24) is 5.32 Å². The van der Waals surface area contributed by atoms with E-state index >= 15 is 0 Å². The van der Waals surface area contributed by atoms with Gasteiger partial charge in [-0.3, -0.25) is 9.59 Å². The summed E-state index contributed by atoms with van der Waals surface area (Å²) in [7, 11) is 0. The van der Waals surface area contributed by atoms with E-state index in [2.05, 4.69) is 5.32 Å². The summed E-state index contributed by atoms with van der Waals surface area (Å²) in [5, 5.41) is 11.1. The molecule has 0 aliphatic carbocycles. The number of benzene rings is 1. The Labute approximate surface area is 116 Å². The van der Waals surface area contributed by atoms with Crippen LogP contribution in [0.2, 0.25) is 0 Å². The first kappa shape index (κ1) is 15.4. The molecule has 6 heteroatoms. The summed E-state index contributed by atoms with van der Waals surface area (Å²) in [6, 6.07) is 6.54. The molecule has 0 fully saturated rings. The Kier molecular flexibility index (Phi) is 6.21. The van der Waals surface area contributed by atoms with Gasteiger partial charge >= 0.3 is 5.97 Å². The minimum Gasteiger partial charge on any atom is -0.494 e. The number of ether oxygens (including phenoxy) is 1. The number of carbonyl (C=O) groups excluding carboxylic acids is 1. The fourth-order valence-electron chi connectivity index (χ4n) is 1.29. The molecule has 1 atom stereocenters. The Morgan fingerprint density at radius 2 is 2.00 bits per heavy atom. The van der Waals surface area contributed by atoms with Crippen LogP contribution < -0.4 is 10.1 Å². The lowest BCUT2D eigenvalue weighted by Gasteiger charge is -2.09. The zero-order chi connectivity index (χ0) is 14.3. The number of thioether (sulfide) groups is 1. The van der Waals surface area contributed by atoms with E-state index in [-0.39, 0.29) is 11.7 Å². The predicted molar refractivity (Wildman–Crippen MR) is 73.6 cm³/mol. The zero-order valence-electron chi connectivity index (χ0n) is 10.9. The number of amides is 1. The largest absolute Gasteiger partial charge is 0.494 e. The van der Waals surface area contributed by atoms with Crippen LogP contribution in [0.1, 0.15) is 13.8 Å². The Balaban J connectivity index is 2.39. The molecule has 0 unspecified atom stereocenters. The number of hydrogen-bond acceptors (Lipinski definition) is 4. The molecule has 1 aromatic rings. The number of nitrogens with one attached hydrogen (secondary N) is 1. The molecule has 0 bridgehead atoms. The van der Waals surface area contributed by atoms with Crippen molar-refractivity contribution in [1.29, 1.82) is 0 Å². The molecular formula is C13H17NO4S. The highest BCUT2D eigenvalue weighted by atomic mass is 32.2. The molecule has 104 valence electrons. The molecular weight excluding hydrogens is 266 g/mol. The molecule has 19 heavy (non-hydrogen) atoms. The van der Waals surface area contributed by atoms with E-state index in [1.807, 2.05) is 31.2 Å². The van der Waals surface area contributed by atoms with Gasteiger partial charge in [0, 0.05) is 4.90 Å². The van der Waals surface area contributed by atoms with E-state index in [0.29, 0.717) is 6.61 Å². The molecule has 0 spiro atoms. The van der Waals surface area contributed by atoms with Crippen molar-refractivity contribution in [2.45, 2.75) is 24.8 Å². The highest BCUT2D eigenvalue weighted by molar-refractivity contribution is 8.00. The van der Waals surface area contributed by atoms with Crippen LogP contribution in [0.5, 0.6) is 5.75 Å². The third-order valence-corrected chi connectivity index (χ3v) is 3.26. The maximum Gasteiger partial charge on any atom is 0.325 e.